The number of aryl methyl sites for hydroxylation is 1. The van der Waals surface area contributed by atoms with Crippen LogP contribution < -0.4 is 5.56 Å². The van der Waals surface area contributed by atoms with Crippen molar-refractivity contribution in [2.45, 2.75) is 32.3 Å². The Hall–Kier alpha value is -3.24. The minimum absolute atomic E-state index is 0.0497. The van der Waals surface area contributed by atoms with Gasteiger partial charge in [0.2, 0.25) is 5.60 Å². The summed E-state index contributed by atoms with van der Waals surface area (Å²) in [6.45, 7) is 3.52. The molecule has 1 heterocycles. The predicted molar refractivity (Wildman–Crippen MR) is 108 cm³/mol. The fourth-order valence-corrected chi connectivity index (χ4v) is 3.50. The van der Waals surface area contributed by atoms with Crippen LogP contribution in [-0.4, -0.2) is 28.7 Å². The molecular weight excluding hydrogens is 392 g/mol. The van der Waals surface area contributed by atoms with E-state index < -0.39 is 18.0 Å². The molecule has 1 N–H and O–H groups in total. The van der Waals surface area contributed by atoms with Crippen molar-refractivity contribution < 1.29 is 23.4 Å². The summed E-state index contributed by atoms with van der Waals surface area (Å²) in [5.74, 6) is 4.28. The summed E-state index contributed by atoms with van der Waals surface area (Å²) in [5.41, 5.74) is -1.37. The summed E-state index contributed by atoms with van der Waals surface area (Å²) >= 11 is 0. The number of aromatic nitrogens is 1. The van der Waals surface area contributed by atoms with Crippen LogP contribution in [0.1, 0.15) is 36.1 Å². The number of fused-ring (bicyclic) bond motifs is 1. The Bertz CT molecular complexity index is 1140. The molecule has 1 aliphatic carbocycles. The fraction of sp³-hybridized carbons (Fsp3) is 0.304. The number of ether oxygens (including phenoxy) is 1. The number of carbonyl (C=O) groups is 1. The highest BCUT2D eigenvalue weighted by Gasteiger charge is 2.38. The van der Waals surface area contributed by atoms with Crippen molar-refractivity contribution in [3.63, 3.8) is 0 Å². The van der Waals surface area contributed by atoms with Crippen LogP contribution in [0.2, 0.25) is 0 Å². The summed E-state index contributed by atoms with van der Waals surface area (Å²) in [4.78, 5) is 25.1. The van der Waals surface area contributed by atoms with Gasteiger partial charge in [0.25, 0.3) is 12.0 Å². The molecule has 2 aromatic rings. The van der Waals surface area contributed by atoms with Gasteiger partial charge < -0.3 is 14.4 Å². The van der Waals surface area contributed by atoms with E-state index in [-0.39, 0.29) is 40.9 Å². The zero-order valence-electron chi connectivity index (χ0n) is 16.8. The van der Waals surface area contributed by atoms with Crippen LogP contribution in [0.15, 0.2) is 46.9 Å². The van der Waals surface area contributed by atoms with Crippen molar-refractivity contribution in [3.8, 4) is 11.8 Å². The molecule has 0 saturated carbocycles. The Labute approximate surface area is 172 Å². The SMILES string of the molecule is CCOC(=O)C1=C(C)Cc2c1c(C#CC(O)(c1ccccc1)C(F)F)cn(C)c2=O. The average Bonchev–Trinajstić information content (AvgIpc) is 3.07. The van der Waals surface area contributed by atoms with Gasteiger partial charge in [0, 0.05) is 41.9 Å². The van der Waals surface area contributed by atoms with Crippen molar-refractivity contribution in [1.29, 1.82) is 0 Å². The van der Waals surface area contributed by atoms with Crippen LogP contribution in [0.4, 0.5) is 8.78 Å². The Balaban J connectivity index is 2.21. The van der Waals surface area contributed by atoms with E-state index in [0.717, 1.165) is 0 Å². The maximum Gasteiger partial charge on any atom is 0.338 e. The molecule has 5 nitrogen and oxygen atoms in total. The van der Waals surface area contributed by atoms with Gasteiger partial charge in [0.15, 0.2) is 0 Å². The number of alkyl halides is 2. The zero-order chi connectivity index (χ0) is 22.1. The van der Waals surface area contributed by atoms with Gasteiger partial charge in [-0.25, -0.2) is 13.6 Å². The monoisotopic (exact) mass is 413 g/mol. The second kappa shape index (κ2) is 8.25. The highest BCUT2D eigenvalue weighted by molar-refractivity contribution is 6.19. The van der Waals surface area contributed by atoms with Crippen molar-refractivity contribution in [2.75, 3.05) is 6.61 Å². The third kappa shape index (κ3) is 3.66. The van der Waals surface area contributed by atoms with Gasteiger partial charge in [0.1, 0.15) is 0 Å². The number of carbonyl (C=O) groups excluding carboxylic acids is 1. The number of esters is 1. The topological polar surface area (TPSA) is 68.5 Å². The van der Waals surface area contributed by atoms with E-state index in [0.29, 0.717) is 11.1 Å². The standard InChI is InChI=1S/C23H21F2NO4/c1-4-30-21(28)18-14(2)12-17-19(18)15(13-26(3)20(17)27)10-11-23(29,22(24)25)16-8-6-5-7-9-16/h5-9,13,22,29H,4,12H2,1-3H3. The molecule has 1 aliphatic rings. The number of nitrogens with zero attached hydrogens (tertiary/aromatic N) is 1. The number of allylic oxidation sites excluding steroid dienone is 1. The smallest absolute Gasteiger partial charge is 0.338 e. The van der Waals surface area contributed by atoms with E-state index in [9.17, 15) is 23.5 Å². The third-order valence-electron chi connectivity index (χ3n) is 4.99. The summed E-state index contributed by atoms with van der Waals surface area (Å²) in [6, 6.07) is 7.42. The van der Waals surface area contributed by atoms with Gasteiger partial charge in [-0.1, -0.05) is 47.7 Å². The first-order valence-corrected chi connectivity index (χ1v) is 9.39. The zero-order valence-corrected chi connectivity index (χ0v) is 16.8. The van der Waals surface area contributed by atoms with Crippen molar-refractivity contribution >= 4 is 11.5 Å². The average molecular weight is 413 g/mol. The molecule has 1 atom stereocenters. The van der Waals surface area contributed by atoms with E-state index in [1.54, 1.807) is 19.9 Å². The molecule has 156 valence electrons. The normalized spacial score (nSPS) is 14.8. The Morgan fingerprint density at radius 1 is 1.33 bits per heavy atom. The highest BCUT2D eigenvalue weighted by atomic mass is 19.3. The third-order valence-corrected chi connectivity index (χ3v) is 4.99. The summed E-state index contributed by atoms with van der Waals surface area (Å²) in [6.07, 6.45) is -1.55. The molecular formula is C23H21F2NO4. The molecule has 0 bridgehead atoms. The first-order chi connectivity index (χ1) is 14.2. The lowest BCUT2D eigenvalue weighted by atomic mass is 9.93. The molecule has 7 heteroatoms. The lowest BCUT2D eigenvalue weighted by Crippen LogP contribution is -2.32. The van der Waals surface area contributed by atoms with Crippen LogP contribution in [0.25, 0.3) is 5.57 Å². The first-order valence-electron chi connectivity index (χ1n) is 9.39. The molecule has 0 fully saturated rings. The molecule has 0 amide bonds. The molecule has 0 aliphatic heterocycles. The Morgan fingerprint density at radius 2 is 2.00 bits per heavy atom. The van der Waals surface area contributed by atoms with Crippen LogP contribution in [-0.2, 0) is 28.6 Å². The number of hydrogen-bond acceptors (Lipinski definition) is 4. The Kier molecular flexibility index (Phi) is 5.90. The number of rotatable bonds is 4. The van der Waals surface area contributed by atoms with Crippen LogP contribution in [0, 0.1) is 11.8 Å². The van der Waals surface area contributed by atoms with E-state index >= 15 is 0 Å². The van der Waals surface area contributed by atoms with E-state index in [4.69, 9.17) is 4.74 Å². The summed E-state index contributed by atoms with van der Waals surface area (Å²) < 4.78 is 33.9. The lowest BCUT2D eigenvalue weighted by molar-refractivity contribution is -0.136. The second-order valence-electron chi connectivity index (χ2n) is 7.05. The molecule has 1 aromatic heterocycles. The van der Waals surface area contributed by atoms with Crippen LogP contribution >= 0.6 is 0 Å². The van der Waals surface area contributed by atoms with Gasteiger partial charge in [-0.05, 0) is 13.8 Å². The number of aliphatic hydroxyl groups is 1. The van der Waals surface area contributed by atoms with Crippen molar-refractivity contribution in [1.82, 2.24) is 4.57 Å². The quantitative estimate of drug-likeness (QED) is 0.618. The minimum atomic E-state index is -3.17. The van der Waals surface area contributed by atoms with Gasteiger partial charge in [-0.2, -0.15) is 0 Å². The maximum absolute atomic E-state index is 13.8. The summed E-state index contributed by atoms with van der Waals surface area (Å²) in [7, 11) is 1.52. The molecule has 0 radical (unpaired) electrons. The lowest BCUT2D eigenvalue weighted by Gasteiger charge is -2.21. The molecule has 30 heavy (non-hydrogen) atoms. The Morgan fingerprint density at radius 3 is 2.60 bits per heavy atom. The predicted octanol–water partition coefficient (Wildman–Crippen LogP) is 2.78. The van der Waals surface area contributed by atoms with Crippen molar-refractivity contribution in [2.24, 2.45) is 7.05 Å². The second-order valence-corrected chi connectivity index (χ2v) is 7.05. The van der Waals surface area contributed by atoms with Gasteiger partial charge in [-0.15, -0.1) is 0 Å². The highest BCUT2D eigenvalue weighted by Crippen LogP contribution is 2.34. The summed E-state index contributed by atoms with van der Waals surface area (Å²) in [5, 5.41) is 10.6. The van der Waals surface area contributed by atoms with E-state index in [2.05, 4.69) is 11.8 Å². The fourth-order valence-electron chi connectivity index (χ4n) is 3.50. The number of benzene rings is 1. The van der Waals surface area contributed by atoms with Crippen LogP contribution in [0.5, 0.6) is 0 Å². The van der Waals surface area contributed by atoms with E-state index in [1.807, 2.05) is 0 Å². The molecule has 0 saturated heterocycles. The molecule has 1 unspecified atom stereocenters. The number of pyridine rings is 1. The van der Waals surface area contributed by atoms with Crippen LogP contribution in [0.3, 0.4) is 0 Å². The minimum Gasteiger partial charge on any atom is -0.462 e. The number of hydrogen-bond donors (Lipinski definition) is 1. The largest absolute Gasteiger partial charge is 0.462 e. The molecule has 0 spiro atoms. The van der Waals surface area contributed by atoms with E-state index in [1.165, 1.54) is 42.1 Å². The van der Waals surface area contributed by atoms with Gasteiger partial charge in [-0.3, -0.25) is 4.79 Å². The molecule has 1 aromatic carbocycles. The molecule has 3 rings (SSSR count). The first kappa shape index (κ1) is 21.5. The maximum atomic E-state index is 13.8. The number of halogens is 2. The van der Waals surface area contributed by atoms with Crippen molar-refractivity contribution in [3.05, 3.63) is 74.7 Å². The van der Waals surface area contributed by atoms with Gasteiger partial charge >= 0.3 is 5.97 Å². The van der Waals surface area contributed by atoms with Gasteiger partial charge in [0.05, 0.1) is 12.2 Å².